The maximum Gasteiger partial charge on any atom is 0.192 e. The summed E-state index contributed by atoms with van der Waals surface area (Å²) in [6.45, 7) is 7.25. The van der Waals surface area contributed by atoms with Crippen molar-refractivity contribution in [2.75, 3.05) is 7.11 Å². The first-order valence-electron chi connectivity index (χ1n) is 8.54. The van der Waals surface area contributed by atoms with Gasteiger partial charge in [-0.1, -0.05) is 0 Å². The van der Waals surface area contributed by atoms with Crippen LogP contribution in [-0.2, 0) is 33.2 Å². The monoisotopic (exact) mass is 355 g/mol. The summed E-state index contributed by atoms with van der Waals surface area (Å²) in [7, 11) is 1.54. The highest BCUT2D eigenvalue weighted by atomic mass is 16.8. The molecular formula is C17H25NO7. The van der Waals surface area contributed by atoms with Gasteiger partial charge in [-0.2, -0.15) is 0 Å². The Balaban J connectivity index is 1.60. The van der Waals surface area contributed by atoms with Crippen molar-refractivity contribution in [2.24, 2.45) is 5.73 Å². The van der Waals surface area contributed by atoms with Crippen molar-refractivity contribution in [3.63, 3.8) is 0 Å². The third-order valence-electron chi connectivity index (χ3n) is 5.04. The van der Waals surface area contributed by atoms with Crippen LogP contribution in [0, 0.1) is 0 Å². The number of ketones is 1. The van der Waals surface area contributed by atoms with Crippen LogP contribution in [0.1, 0.15) is 34.1 Å². The average molecular weight is 355 g/mol. The summed E-state index contributed by atoms with van der Waals surface area (Å²) >= 11 is 0. The Morgan fingerprint density at radius 3 is 2.36 bits per heavy atom. The molecule has 140 valence electrons. The number of hydrogen-bond donors (Lipinski definition) is 1. The van der Waals surface area contributed by atoms with E-state index in [1.54, 1.807) is 13.8 Å². The number of carbonyl (C=O) groups is 1. The zero-order chi connectivity index (χ0) is 18.1. The van der Waals surface area contributed by atoms with E-state index in [-0.39, 0.29) is 11.9 Å². The maximum atomic E-state index is 12.7. The van der Waals surface area contributed by atoms with Gasteiger partial charge in [0.2, 0.25) is 0 Å². The minimum absolute atomic E-state index is 0.146. The van der Waals surface area contributed by atoms with Crippen LogP contribution in [0.2, 0.25) is 0 Å². The van der Waals surface area contributed by atoms with Crippen molar-refractivity contribution in [3.8, 4) is 0 Å². The summed E-state index contributed by atoms with van der Waals surface area (Å²) < 4.78 is 34.5. The summed E-state index contributed by atoms with van der Waals surface area (Å²) in [6, 6.07) is 0. The van der Waals surface area contributed by atoms with Crippen molar-refractivity contribution in [1.29, 1.82) is 0 Å². The Bertz CT molecular complexity index is 628. The van der Waals surface area contributed by atoms with Crippen LogP contribution in [0.15, 0.2) is 11.3 Å². The van der Waals surface area contributed by atoms with Crippen molar-refractivity contribution in [1.82, 2.24) is 0 Å². The van der Waals surface area contributed by atoms with E-state index in [1.165, 1.54) is 7.11 Å². The smallest absolute Gasteiger partial charge is 0.192 e. The zero-order valence-corrected chi connectivity index (χ0v) is 15.1. The molecule has 8 nitrogen and oxygen atoms in total. The molecule has 0 amide bonds. The molecule has 0 bridgehead atoms. The average Bonchev–Trinajstić information content (AvgIpc) is 3.17. The Hall–Kier alpha value is -1.03. The fourth-order valence-corrected chi connectivity index (χ4v) is 4.11. The van der Waals surface area contributed by atoms with Crippen molar-refractivity contribution in [2.45, 2.75) is 82.5 Å². The van der Waals surface area contributed by atoms with Gasteiger partial charge in [-0.3, -0.25) is 4.79 Å². The molecule has 0 spiro atoms. The molecule has 8 heteroatoms. The van der Waals surface area contributed by atoms with E-state index < -0.39 is 42.3 Å². The minimum Gasteiger partial charge on any atom is -0.399 e. The lowest BCUT2D eigenvalue weighted by atomic mass is 10.0. The van der Waals surface area contributed by atoms with Gasteiger partial charge in [-0.05, 0) is 27.7 Å². The van der Waals surface area contributed by atoms with Crippen LogP contribution in [0.25, 0.3) is 0 Å². The van der Waals surface area contributed by atoms with Gasteiger partial charge >= 0.3 is 0 Å². The molecule has 0 aromatic heterocycles. The number of methoxy groups -OCH3 is 1. The summed E-state index contributed by atoms with van der Waals surface area (Å²) in [4.78, 5) is 12.7. The molecular weight excluding hydrogens is 330 g/mol. The van der Waals surface area contributed by atoms with Crippen LogP contribution in [-0.4, -0.2) is 61.3 Å². The molecule has 3 saturated heterocycles. The molecule has 6 atom stereocenters. The van der Waals surface area contributed by atoms with Crippen LogP contribution < -0.4 is 5.73 Å². The Morgan fingerprint density at radius 1 is 1.08 bits per heavy atom. The van der Waals surface area contributed by atoms with Gasteiger partial charge < -0.3 is 34.2 Å². The van der Waals surface area contributed by atoms with Gasteiger partial charge in [0.25, 0.3) is 0 Å². The number of ether oxygens (including phenoxy) is 6. The van der Waals surface area contributed by atoms with Crippen LogP contribution in [0.3, 0.4) is 0 Å². The van der Waals surface area contributed by atoms with Gasteiger partial charge in [-0.25, -0.2) is 0 Å². The van der Waals surface area contributed by atoms with Crippen LogP contribution >= 0.6 is 0 Å². The quantitative estimate of drug-likeness (QED) is 0.719. The van der Waals surface area contributed by atoms with Gasteiger partial charge in [-0.15, -0.1) is 0 Å². The van der Waals surface area contributed by atoms with Crippen molar-refractivity contribution in [3.05, 3.63) is 11.3 Å². The van der Waals surface area contributed by atoms with E-state index in [0.29, 0.717) is 17.7 Å². The summed E-state index contributed by atoms with van der Waals surface area (Å²) in [5.74, 6) is -1.66. The molecule has 1 saturated carbocycles. The lowest BCUT2D eigenvalue weighted by Gasteiger charge is -2.24. The normalized spacial score (nSPS) is 46.4. The van der Waals surface area contributed by atoms with Crippen molar-refractivity contribution >= 4 is 5.78 Å². The molecule has 0 radical (unpaired) electrons. The lowest BCUT2D eigenvalue weighted by molar-refractivity contribution is -0.222. The number of carbonyl (C=O) groups excluding carboxylic acids is 1. The number of rotatable bonds is 2. The van der Waals surface area contributed by atoms with E-state index in [0.717, 1.165) is 0 Å². The SMILES string of the molecule is CO[C@@H]1O[C@H](/C(N)=C2\C[C@@H]3OC(C)(C)O[C@@H]3C2=O)[C@H]2OC(C)(C)O[C@@H]12. The second-order valence-electron chi connectivity index (χ2n) is 7.82. The standard InChI is InChI=1S/C17H25NO7/c1-16(2)22-8-6-7(10(19)11(8)23-16)9(18)12-13-14(15(20-5)21-12)25-17(3,4)24-13/h8,11-15H,6,18H2,1-5H3/b9-7-/t8-,11-,12+,13+,14+,15+/m0/s1. The molecule has 25 heavy (non-hydrogen) atoms. The topological polar surface area (TPSA) is 98.5 Å². The second-order valence-corrected chi connectivity index (χ2v) is 7.82. The molecule has 3 heterocycles. The fraction of sp³-hybridized carbons (Fsp3) is 0.824. The van der Waals surface area contributed by atoms with E-state index in [1.807, 2.05) is 13.8 Å². The number of hydrogen-bond acceptors (Lipinski definition) is 8. The molecule has 4 aliphatic rings. The highest BCUT2D eigenvalue weighted by Crippen LogP contribution is 2.44. The van der Waals surface area contributed by atoms with Gasteiger partial charge in [0.05, 0.1) is 6.10 Å². The first-order valence-corrected chi connectivity index (χ1v) is 8.54. The summed E-state index contributed by atoms with van der Waals surface area (Å²) in [6.07, 6.45) is -2.57. The number of fused-ring (bicyclic) bond motifs is 2. The van der Waals surface area contributed by atoms with E-state index >= 15 is 0 Å². The predicted octanol–water partition coefficient (Wildman–Crippen LogP) is 0.584. The first-order chi connectivity index (χ1) is 11.6. The van der Waals surface area contributed by atoms with Crippen LogP contribution in [0.5, 0.6) is 0 Å². The molecule has 0 aromatic carbocycles. The molecule has 0 aromatic rings. The zero-order valence-electron chi connectivity index (χ0n) is 15.1. The Kier molecular flexibility index (Phi) is 3.81. The summed E-state index contributed by atoms with van der Waals surface area (Å²) in [5.41, 5.74) is 7.17. The van der Waals surface area contributed by atoms with E-state index in [2.05, 4.69) is 0 Å². The Labute approximate surface area is 146 Å². The van der Waals surface area contributed by atoms with Gasteiger partial charge in [0.1, 0.15) is 24.4 Å². The van der Waals surface area contributed by atoms with Crippen molar-refractivity contribution < 1.29 is 33.2 Å². The third kappa shape index (κ3) is 2.72. The third-order valence-corrected chi connectivity index (χ3v) is 5.04. The first kappa shape index (κ1) is 17.4. The van der Waals surface area contributed by atoms with E-state index in [4.69, 9.17) is 34.2 Å². The largest absolute Gasteiger partial charge is 0.399 e. The predicted molar refractivity (Wildman–Crippen MR) is 84.2 cm³/mol. The lowest BCUT2D eigenvalue weighted by Crippen LogP contribution is -2.35. The minimum atomic E-state index is -0.758. The molecule has 4 rings (SSSR count). The summed E-state index contributed by atoms with van der Waals surface area (Å²) in [5, 5.41) is 0. The van der Waals surface area contributed by atoms with E-state index in [9.17, 15) is 4.79 Å². The number of Topliss-reactive ketones (excluding diaryl/α,β-unsaturated/α-hetero) is 1. The second kappa shape index (κ2) is 5.48. The highest BCUT2D eigenvalue weighted by molar-refractivity contribution is 6.02. The van der Waals surface area contributed by atoms with Crippen LogP contribution in [0.4, 0.5) is 0 Å². The van der Waals surface area contributed by atoms with Gasteiger partial charge in [0.15, 0.2) is 23.6 Å². The molecule has 4 fully saturated rings. The highest BCUT2D eigenvalue weighted by Gasteiger charge is 2.58. The Morgan fingerprint density at radius 2 is 1.72 bits per heavy atom. The fourth-order valence-electron chi connectivity index (χ4n) is 4.11. The molecule has 3 aliphatic heterocycles. The van der Waals surface area contributed by atoms with Gasteiger partial charge in [0, 0.05) is 24.8 Å². The molecule has 2 N–H and O–H groups in total. The molecule has 1 aliphatic carbocycles. The maximum absolute atomic E-state index is 12.7. The number of nitrogens with two attached hydrogens (primary N) is 1. The molecule has 0 unspecified atom stereocenters.